The van der Waals surface area contributed by atoms with Gasteiger partial charge in [0.2, 0.25) is 0 Å². The number of nitro groups is 1. The first kappa shape index (κ1) is 9.26. The lowest BCUT2D eigenvalue weighted by Crippen LogP contribution is -1.92. The van der Waals surface area contributed by atoms with E-state index in [4.69, 9.17) is 5.73 Å². The number of phenolic OH excluding ortho intramolecular Hbond substituents is 1. The summed E-state index contributed by atoms with van der Waals surface area (Å²) >= 11 is 0. The van der Waals surface area contributed by atoms with Gasteiger partial charge in [0, 0.05) is 11.5 Å². The standard InChI is InChI=1S/C10H8N2O3/c11-10-7-2-1-3-8(12(14)15)6(7)4-5-9(10)13/h1-5,13H,11H2. The van der Waals surface area contributed by atoms with Gasteiger partial charge in [0.05, 0.1) is 16.0 Å². The summed E-state index contributed by atoms with van der Waals surface area (Å²) in [7, 11) is 0. The Bertz CT molecular complexity index is 552. The fraction of sp³-hybridized carbons (Fsp3) is 0. The summed E-state index contributed by atoms with van der Waals surface area (Å²) in [4.78, 5) is 10.2. The minimum atomic E-state index is -0.473. The molecule has 0 saturated heterocycles. The first-order chi connectivity index (χ1) is 7.11. The van der Waals surface area contributed by atoms with Crippen LogP contribution in [0.2, 0.25) is 0 Å². The molecule has 0 amide bonds. The van der Waals surface area contributed by atoms with Gasteiger partial charge >= 0.3 is 0 Å². The number of fused-ring (bicyclic) bond motifs is 1. The fourth-order valence-corrected chi connectivity index (χ4v) is 1.51. The first-order valence-corrected chi connectivity index (χ1v) is 4.26. The zero-order valence-electron chi connectivity index (χ0n) is 7.68. The monoisotopic (exact) mass is 204 g/mol. The van der Waals surface area contributed by atoms with Gasteiger partial charge in [-0.1, -0.05) is 12.1 Å². The largest absolute Gasteiger partial charge is 0.506 e. The third-order valence-electron chi connectivity index (χ3n) is 2.25. The van der Waals surface area contributed by atoms with Crippen LogP contribution in [0.5, 0.6) is 5.75 Å². The predicted octanol–water partition coefficient (Wildman–Crippen LogP) is 2.04. The van der Waals surface area contributed by atoms with Crippen molar-refractivity contribution < 1.29 is 10.0 Å². The number of phenols is 1. The molecule has 0 fully saturated rings. The van der Waals surface area contributed by atoms with Crippen LogP contribution < -0.4 is 5.73 Å². The van der Waals surface area contributed by atoms with Gasteiger partial charge in [0.15, 0.2) is 0 Å². The number of nitrogen functional groups attached to an aromatic ring is 1. The highest BCUT2D eigenvalue weighted by Gasteiger charge is 2.13. The predicted molar refractivity (Wildman–Crippen MR) is 56.7 cm³/mol. The molecule has 0 radical (unpaired) electrons. The summed E-state index contributed by atoms with van der Waals surface area (Å²) in [5, 5.41) is 21.0. The van der Waals surface area contributed by atoms with E-state index < -0.39 is 4.92 Å². The number of nitrogens with zero attached hydrogens (tertiary/aromatic N) is 1. The highest BCUT2D eigenvalue weighted by Crippen LogP contribution is 2.34. The molecule has 5 nitrogen and oxygen atoms in total. The molecule has 2 aromatic rings. The molecule has 0 saturated carbocycles. The summed E-state index contributed by atoms with van der Waals surface area (Å²) in [5.41, 5.74) is 5.76. The average Bonchev–Trinajstić information content (AvgIpc) is 2.23. The summed E-state index contributed by atoms with van der Waals surface area (Å²) in [6.45, 7) is 0. The van der Waals surface area contributed by atoms with Crippen LogP contribution in [0.3, 0.4) is 0 Å². The Kier molecular flexibility index (Phi) is 1.93. The Labute approximate surface area is 84.9 Å². The number of nitro benzene ring substituents is 1. The molecule has 2 rings (SSSR count). The van der Waals surface area contributed by atoms with Crippen molar-refractivity contribution in [3.05, 3.63) is 40.4 Å². The molecule has 0 aliphatic carbocycles. The van der Waals surface area contributed by atoms with E-state index in [1.165, 1.54) is 24.3 Å². The lowest BCUT2D eigenvalue weighted by atomic mass is 10.1. The number of benzene rings is 2. The number of hydrogen-bond acceptors (Lipinski definition) is 4. The van der Waals surface area contributed by atoms with Gasteiger partial charge in [0.1, 0.15) is 5.75 Å². The number of non-ortho nitro benzene ring substituents is 1. The summed E-state index contributed by atoms with van der Waals surface area (Å²) in [6.07, 6.45) is 0. The van der Waals surface area contributed by atoms with Crippen LogP contribution in [0.1, 0.15) is 0 Å². The van der Waals surface area contributed by atoms with Crippen LogP contribution in [0.25, 0.3) is 10.8 Å². The Hall–Kier alpha value is -2.30. The third-order valence-corrected chi connectivity index (χ3v) is 2.25. The van der Waals surface area contributed by atoms with Gasteiger partial charge in [-0.25, -0.2) is 0 Å². The normalized spacial score (nSPS) is 10.4. The van der Waals surface area contributed by atoms with Gasteiger partial charge in [-0.2, -0.15) is 0 Å². The molecule has 0 heterocycles. The number of nitrogens with two attached hydrogens (primary N) is 1. The Morgan fingerprint density at radius 2 is 1.93 bits per heavy atom. The maximum absolute atomic E-state index is 10.7. The summed E-state index contributed by atoms with van der Waals surface area (Å²) in [6, 6.07) is 7.41. The highest BCUT2D eigenvalue weighted by atomic mass is 16.6. The van der Waals surface area contributed by atoms with Crippen LogP contribution >= 0.6 is 0 Å². The van der Waals surface area contributed by atoms with Crippen molar-refractivity contribution in [3.8, 4) is 5.75 Å². The lowest BCUT2D eigenvalue weighted by molar-refractivity contribution is -0.383. The first-order valence-electron chi connectivity index (χ1n) is 4.26. The van der Waals surface area contributed by atoms with Crippen LogP contribution in [0.4, 0.5) is 11.4 Å². The van der Waals surface area contributed by atoms with E-state index in [0.29, 0.717) is 10.8 Å². The molecule has 3 N–H and O–H groups in total. The van der Waals surface area contributed by atoms with E-state index in [0.717, 1.165) is 0 Å². The van der Waals surface area contributed by atoms with Crippen molar-refractivity contribution in [1.29, 1.82) is 0 Å². The van der Waals surface area contributed by atoms with Crippen LogP contribution in [-0.4, -0.2) is 10.0 Å². The van der Waals surface area contributed by atoms with Gasteiger partial charge in [-0.3, -0.25) is 10.1 Å². The fourth-order valence-electron chi connectivity index (χ4n) is 1.51. The smallest absolute Gasteiger partial charge is 0.277 e. The van der Waals surface area contributed by atoms with Crippen molar-refractivity contribution in [2.75, 3.05) is 5.73 Å². The van der Waals surface area contributed by atoms with E-state index in [2.05, 4.69) is 0 Å². The van der Waals surface area contributed by atoms with Crippen molar-refractivity contribution in [1.82, 2.24) is 0 Å². The van der Waals surface area contributed by atoms with E-state index in [9.17, 15) is 15.2 Å². The van der Waals surface area contributed by atoms with E-state index >= 15 is 0 Å². The molecule has 0 aliphatic heterocycles. The second kappa shape index (κ2) is 3.13. The van der Waals surface area contributed by atoms with E-state index in [1.54, 1.807) is 6.07 Å². The number of anilines is 1. The molecular weight excluding hydrogens is 196 g/mol. The second-order valence-corrected chi connectivity index (χ2v) is 3.13. The third kappa shape index (κ3) is 1.34. The van der Waals surface area contributed by atoms with E-state index in [-0.39, 0.29) is 17.1 Å². The molecule has 2 aromatic carbocycles. The molecule has 0 aliphatic rings. The zero-order valence-corrected chi connectivity index (χ0v) is 7.68. The minimum Gasteiger partial charge on any atom is -0.506 e. The number of rotatable bonds is 1. The van der Waals surface area contributed by atoms with Crippen LogP contribution in [0.15, 0.2) is 30.3 Å². The highest BCUT2D eigenvalue weighted by molar-refractivity contribution is 6.00. The zero-order chi connectivity index (χ0) is 11.0. The van der Waals surface area contributed by atoms with Crippen molar-refractivity contribution >= 4 is 22.1 Å². The Morgan fingerprint density at radius 3 is 2.60 bits per heavy atom. The van der Waals surface area contributed by atoms with Gasteiger partial charge < -0.3 is 10.8 Å². The van der Waals surface area contributed by atoms with Gasteiger partial charge in [0.25, 0.3) is 5.69 Å². The quantitative estimate of drug-likeness (QED) is 0.322. The molecule has 0 atom stereocenters. The molecule has 15 heavy (non-hydrogen) atoms. The van der Waals surface area contributed by atoms with Crippen LogP contribution in [0, 0.1) is 10.1 Å². The summed E-state index contributed by atoms with van der Waals surface area (Å²) < 4.78 is 0. The Balaban J connectivity index is 2.89. The molecule has 5 heteroatoms. The topological polar surface area (TPSA) is 89.4 Å². The Morgan fingerprint density at radius 1 is 1.20 bits per heavy atom. The van der Waals surface area contributed by atoms with Crippen molar-refractivity contribution in [2.24, 2.45) is 0 Å². The number of hydrogen-bond donors (Lipinski definition) is 2. The minimum absolute atomic E-state index is 0.0146. The molecule has 0 aromatic heterocycles. The average molecular weight is 204 g/mol. The molecule has 0 unspecified atom stereocenters. The lowest BCUT2D eigenvalue weighted by Gasteiger charge is -2.04. The van der Waals surface area contributed by atoms with Crippen LogP contribution in [-0.2, 0) is 0 Å². The second-order valence-electron chi connectivity index (χ2n) is 3.13. The molecule has 0 bridgehead atoms. The van der Waals surface area contributed by atoms with Crippen molar-refractivity contribution in [2.45, 2.75) is 0 Å². The number of aromatic hydroxyl groups is 1. The SMILES string of the molecule is Nc1c(O)ccc2c([N+](=O)[O-])cccc12. The van der Waals surface area contributed by atoms with E-state index in [1.807, 2.05) is 0 Å². The van der Waals surface area contributed by atoms with Crippen molar-refractivity contribution in [3.63, 3.8) is 0 Å². The van der Waals surface area contributed by atoms with Gasteiger partial charge in [-0.15, -0.1) is 0 Å². The molecule has 0 spiro atoms. The molecule has 76 valence electrons. The molecular formula is C10H8N2O3. The van der Waals surface area contributed by atoms with Gasteiger partial charge in [-0.05, 0) is 12.1 Å². The maximum Gasteiger partial charge on any atom is 0.277 e. The maximum atomic E-state index is 10.7. The summed E-state index contributed by atoms with van der Waals surface area (Å²) in [5.74, 6) is -0.0667.